The smallest absolute Gasteiger partial charge is 0.137 e. The van der Waals surface area contributed by atoms with Gasteiger partial charge in [0.2, 0.25) is 0 Å². The van der Waals surface area contributed by atoms with Gasteiger partial charge in [0.05, 0.1) is 0 Å². The van der Waals surface area contributed by atoms with Crippen molar-refractivity contribution in [1.29, 1.82) is 10.5 Å². The molecule has 0 saturated heterocycles. The lowest BCUT2D eigenvalue weighted by molar-refractivity contribution is 0.772. The number of allylic oxidation sites excluding steroid dienone is 4. The lowest BCUT2D eigenvalue weighted by Crippen LogP contribution is -2.08. The maximum atomic E-state index is 9.37. The molecule has 2 nitrogen and oxygen atoms in total. The van der Waals surface area contributed by atoms with Crippen LogP contribution in [0.25, 0.3) is 0 Å². The summed E-state index contributed by atoms with van der Waals surface area (Å²) in [5.41, 5.74) is 3.49. The Bertz CT molecular complexity index is 513. The van der Waals surface area contributed by atoms with Crippen molar-refractivity contribution in [2.24, 2.45) is 0 Å². The standard InChI is InChI=1S/C15H18N2S4/c1-18-14(19-2)11-6-5-7-12(15(20-3)21-4)13(11)10(8-16)9-17/h5-7H2,1-4H3. The Labute approximate surface area is 144 Å². The van der Waals surface area contributed by atoms with Crippen LogP contribution in [0.3, 0.4) is 0 Å². The molecule has 0 heterocycles. The average Bonchev–Trinajstić information content (AvgIpc) is 2.52. The molecule has 0 bridgehead atoms. The number of hydrogen-bond acceptors (Lipinski definition) is 6. The highest BCUT2D eigenvalue weighted by molar-refractivity contribution is 8.22. The number of rotatable bonds is 4. The van der Waals surface area contributed by atoms with Gasteiger partial charge >= 0.3 is 0 Å². The summed E-state index contributed by atoms with van der Waals surface area (Å²) in [6.07, 6.45) is 11.2. The molecule has 0 amide bonds. The van der Waals surface area contributed by atoms with Crippen LogP contribution in [-0.2, 0) is 0 Å². The van der Waals surface area contributed by atoms with Crippen LogP contribution in [0.4, 0.5) is 0 Å². The molecule has 1 aliphatic carbocycles. The Kier molecular flexibility index (Phi) is 8.51. The third-order valence-electron chi connectivity index (χ3n) is 3.17. The van der Waals surface area contributed by atoms with E-state index in [1.54, 1.807) is 47.0 Å². The van der Waals surface area contributed by atoms with Crippen LogP contribution in [0.5, 0.6) is 0 Å². The predicted octanol–water partition coefficient (Wildman–Crippen LogP) is 5.39. The van der Waals surface area contributed by atoms with Gasteiger partial charge in [0.25, 0.3) is 0 Å². The molecule has 0 aromatic rings. The zero-order valence-electron chi connectivity index (χ0n) is 12.6. The lowest BCUT2D eigenvalue weighted by Gasteiger charge is -2.25. The minimum atomic E-state index is 0.251. The normalized spacial score (nSPS) is 14.5. The topological polar surface area (TPSA) is 47.6 Å². The van der Waals surface area contributed by atoms with Crippen LogP contribution in [0, 0.1) is 22.7 Å². The largest absolute Gasteiger partial charge is 0.192 e. The monoisotopic (exact) mass is 354 g/mol. The molecule has 1 rings (SSSR count). The van der Waals surface area contributed by atoms with Crippen molar-refractivity contribution in [2.45, 2.75) is 19.3 Å². The van der Waals surface area contributed by atoms with Gasteiger partial charge in [-0.25, -0.2) is 0 Å². The summed E-state index contributed by atoms with van der Waals surface area (Å²) < 4.78 is 2.43. The predicted molar refractivity (Wildman–Crippen MR) is 100 cm³/mol. The minimum Gasteiger partial charge on any atom is -0.192 e. The number of nitrogens with zero attached hydrogens (tertiary/aromatic N) is 2. The third kappa shape index (κ3) is 4.29. The van der Waals surface area contributed by atoms with Crippen LogP contribution in [0.2, 0.25) is 0 Å². The Morgan fingerprint density at radius 2 is 1.19 bits per heavy atom. The van der Waals surface area contributed by atoms with Gasteiger partial charge in [-0.05, 0) is 55.4 Å². The number of nitriles is 2. The van der Waals surface area contributed by atoms with Gasteiger partial charge in [0.15, 0.2) is 0 Å². The molecule has 0 unspecified atom stereocenters. The first-order valence-electron chi connectivity index (χ1n) is 6.35. The SMILES string of the molecule is CSC(SC)=C1CCCC(=C(SC)SC)C1=C(C#N)C#N. The highest BCUT2D eigenvalue weighted by Crippen LogP contribution is 2.46. The lowest BCUT2D eigenvalue weighted by atomic mass is 9.84. The van der Waals surface area contributed by atoms with Crippen LogP contribution >= 0.6 is 47.0 Å². The highest BCUT2D eigenvalue weighted by atomic mass is 32.2. The van der Waals surface area contributed by atoms with Crippen molar-refractivity contribution in [3.8, 4) is 12.1 Å². The van der Waals surface area contributed by atoms with Crippen LogP contribution in [0.15, 0.2) is 30.8 Å². The van der Waals surface area contributed by atoms with E-state index in [4.69, 9.17) is 0 Å². The fourth-order valence-corrected chi connectivity index (χ4v) is 5.52. The number of hydrogen-bond donors (Lipinski definition) is 0. The summed E-state index contributed by atoms with van der Waals surface area (Å²) in [6, 6.07) is 4.20. The van der Waals surface area contributed by atoms with E-state index in [1.165, 1.54) is 19.6 Å². The number of thioether (sulfide) groups is 4. The fourth-order valence-electron chi connectivity index (χ4n) is 2.38. The summed E-state index contributed by atoms with van der Waals surface area (Å²) in [5, 5.41) is 18.7. The molecule has 1 aliphatic rings. The molecule has 0 spiro atoms. The van der Waals surface area contributed by atoms with Crippen molar-refractivity contribution < 1.29 is 0 Å². The van der Waals surface area contributed by atoms with E-state index < -0.39 is 0 Å². The van der Waals surface area contributed by atoms with Gasteiger partial charge < -0.3 is 0 Å². The minimum absolute atomic E-state index is 0.251. The van der Waals surface area contributed by atoms with E-state index in [0.717, 1.165) is 24.8 Å². The van der Waals surface area contributed by atoms with Gasteiger partial charge in [-0.2, -0.15) is 10.5 Å². The second kappa shape index (κ2) is 9.58. The Balaban J connectivity index is 3.69. The van der Waals surface area contributed by atoms with Crippen molar-refractivity contribution >= 4 is 47.0 Å². The summed E-state index contributed by atoms with van der Waals surface area (Å²) in [4.78, 5) is 0. The van der Waals surface area contributed by atoms with Gasteiger partial charge in [0.1, 0.15) is 17.7 Å². The van der Waals surface area contributed by atoms with Crippen molar-refractivity contribution in [3.05, 3.63) is 30.8 Å². The summed E-state index contributed by atoms with van der Waals surface area (Å²) in [7, 11) is 0. The zero-order valence-corrected chi connectivity index (χ0v) is 15.9. The Hall–Kier alpha value is -0.400. The first-order valence-corrected chi connectivity index (χ1v) is 11.3. The second-order valence-electron chi connectivity index (χ2n) is 4.18. The van der Waals surface area contributed by atoms with Crippen LogP contribution < -0.4 is 0 Å². The van der Waals surface area contributed by atoms with E-state index in [0.29, 0.717) is 0 Å². The molecule has 0 atom stereocenters. The Morgan fingerprint density at radius 3 is 1.48 bits per heavy atom. The summed E-state index contributed by atoms with van der Waals surface area (Å²) >= 11 is 6.80. The molecule has 1 fully saturated rings. The molecular weight excluding hydrogens is 336 g/mol. The van der Waals surface area contributed by atoms with Crippen LogP contribution in [-0.4, -0.2) is 25.0 Å². The third-order valence-corrected chi connectivity index (χ3v) is 7.63. The molecule has 0 N–H and O–H groups in total. The fraction of sp³-hybridized carbons (Fsp3) is 0.467. The molecular formula is C15H18N2S4. The molecule has 112 valence electrons. The summed E-state index contributed by atoms with van der Waals surface area (Å²) in [5.74, 6) is 0. The molecule has 21 heavy (non-hydrogen) atoms. The molecule has 0 radical (unpaired) electrons. The van der Waals surface area contributed by atoms with Crippen LogP contribution in [0.1, 0.15) is 19.3 Å². The van der Waals surface area contributed by atoms with E-state index in [1.807, 2.05) is 0 Å². The second-order valence-corrected chi connectivity index (χ2v) is 7.96. The van der Waals surface area contributed by atoms with Gasteiger partial charge in [-0.3, -0.25) is 0 Å². The van der Waals surface area contributed by atoms with E-state index in [2.05, 4.69) is 37.2 Å². The quantitative estimate of drug-likeness (QED) is 0.631. The van der Waals surface area contributed by atoms with Crippen molar-refractivity contribution in [3.63, 3.8) is 0 Å². The van der Waals surface area contributed by atoms with E-state index >= 15 is 0 Å². The van der Waals surface area contributed by atoms with Gasteiger partial charge in [-0.1, -0.05) is 0 Å². The molecule has 1 saturated carbocycles. The summed E-state index contributed by atoms with van der Waals surface area (Å²) in [6.45, 7) is 0. The average molecular weight is 355 g/mol. The first kappa shape index (κ1) is 18.6. The molecule has 6 heteroatoms. The van der Waals surface area contributed by atoms with Crippen molar-refractivity contribution in [1.82, 2.24) is 0 Å². The maximum Gasteiger partial charge on any atom is 0.137 e. The van der Waals surface area contributed by atoms with Gasteiger partial charge in [-0.15, -0.1) is 47.0 Å². The zero-order chi connectivity index (χ0) is 15.8. The first-order chi connectivity index (χ1) is 10.2. The van der Waals surface area contributed by atoms with Gasteiger partial charge in [0, 0.05) is 14.0 Å². The molecule has 0 aromatic heterocycles. The maximum absolute atomic E-state index is 9.37. The van der Waals surface area contributed by atoms with E-state index in [-0.39, 0.29) is 5.57 Å². The van der Waals surface area contributed by atoms with E-state index in [9.17, 15) is 10.5 Å². The molecule has 0 aromatic carbocycles. The highest BCUT2D eigenvalue weighted by Gasteiger charge is 2.26. The Morgan fingerprint density at radius 1 is 0.810 bits per heavy atom. The van der Waals surface area contributed by atoms with Crippen molar-refractivity contribution in [2.75, 3.05) is 25.0 Å². The molecule has 0 aliphatic heterocycles.